The van der Waals surface area contributed by atoms with Gasteiger partial charge in [-0.3, -0.25) is 4.79 Å². The minimum atomic E-state index is -3.13. The first-order valence-corrected chi connectivity index (χ1v) is 3.44. The molecule has 1 rings (SSSR count). The van der Waals surface area contributed by atoms with Crippen LogP contribution in [-0.2, 0) is 0 Å². The summed E-state index contributed by atoms with van der Waals surface area (Å²) in [7, 11) is 0. The summed E-state index contributed by atoms with van der Waals surface area (Å²) < 4.78 is 37.2. The SMILES string of the molecule is N#Cc1cc(C=O)c(C(F)F)c(F)n1. The Labute approximate surface area is 76.8 Å². The molecule has 72 valence electrons. The van der Waals surface area contributed by atoms with E-state index < -0.39 is 29.2 Å². The molecule has 0 aliphatic carbocycles. The van der Waals surface area contributed by atoms with Crippen LogP contribution >= 0.6 is 0 Å². The number of alkyl halides is 2. The van der Waals surface area contributed by atoms with Crippen molar-refractivity contribution in [2.75, 3.05) is 0 Å². The molecule has 0 fully saturated rings. The summed E-state index contributed by atoms with van der Waals surface area (Å²) in [5.41, 5.74) is -2.03. The second-order valence-corrected chi connectivity index (χ2v) is 2.33. The standard InChI is InChI=1S/C8H3F3N2O/c9-7(10)6-4(3-14)1-5(2-12)13-8(6)11/h1,3,7H. The summed E-state index contributed by atoms with van der Waals surface area (Å²) in [4.78, 5) is 13.3. The topological polar surface area (TPSA) is 53.8 Å². The fourth-order valence-corrected chi connectivity index (χ4v) is 0.913. The number of aldehydes is 1. The third kappa shape index (κ3) is 1.71. The zero-order valence-electron chi connectivity index (χ0n) is 6.67. The molecule has 0 saturated carbocycles. The molecule has 1 heterocycles. The number of carbonyl (C=O) groups is 1. The van der Waals surface area contributed by atoms with Gasteiger partial charge in [0, 0.05) is 5.56 Å². The monoisotopic (exact) mass is 200 g/mol. The molecule has 0 atom stereocenters. The van der Waals surface area contributed by atoms with E-state index >= 15 is 0 Å². The van der Waals surface area contributed by atoms with Gasteiger partial charge in [0.1, 0.15) is 11.8 Å². The zero-order chi connectivity index (χ0) is 10.7. The van der Waals surface area contributed by atoms with Gasteiger partial charge in [-0.2, -0.15) is 9.65 Å². The van der Waals surface area contributed by atoms with Crippen molar-refractivity contribution in [3.8, 4) is 6.07 Å². The molecule has 3 nitrogen and oxygen atoms in total. The molecule has 0 aromatic carbocycles. The quantitative estimate of drug-likeness (QED) is 0.540. The average Bonchev–Trinajstić information content (AvgIpc) is 2.15. The van der Waals surface area contributed by atoms with Crippen LogP contribution in [-0.4, -0.2) is 11.3 Å². The Kier molecular flexibility index (Phi) is 2.82. The van der Waals surface area contributed by atoms with Gasteiger partial charge in [-0.1, -0.05) is 0 Å². The zero-order valence-corrected chi connectivity index (χ0v) is 6.67. The number of hydrogen-bond acceptors (Lipinski definition) is 3. The van der Waals surface area contributed by atoms with Gasteiger partial charge in [-0.05, 0) is 6.07 Å². The molecule has 6 heteroatoms. The van der Waals surface area contributed by atoms with Gasteiger partial charge in [-0.15, -0.1) is 0 Å². The Hall–Kier alpha value is -1.90. The van der Waals surface area contributed by atoms with E-state index in [-0.39, 0.29) is 6.29 Å². The summed E-state index contributed by atoms with van der Waals surface area (Å²) in [6.07, 6.45) is -3.07. The molecule has 0 spiro atoms. The lowest BCUT2D eigenvalue weighted by Crippen LogP contribution is -2.02. The van der Waals surface area contributed by atoms with Crippen molar-refractivity contribution < 1.29 is 18.0 Å². The lowest BCUT2D eigenvalue weighted by molar-refractivity contribution is 0.110. The van der Waals surface area contributed by atoms with E-state index in [2.05, 4.69) is 4.98 Å². The van der Waals surface area contributed by atoms with Gasteiger partial charge in [0.2, 0.25) is 5.95 Å². The van der Waals surface area contributed by atoms with Crippen LogP contribution in [0.1, 0.15) is 28.0 Å². The number of halogens is 3. The smallest absolute Gasteiger partial charge is 0.268 e. The second-order valence-electron chi connectivity index (χ2n) is 2.33. The van der Waals surface area contributed by atoms with E-state index in [0.717, 1.165) is 6.07 Å². The van der Waals surface area contributed by atoms with Gasteiger partial charge in [-0.25, -0.2) is 13.8 Å². The lowest BCUT2D eigenvalue weighted by Gasteiger charge is -2.03. The minimum Gasteiger partial charge on any atom is -0.298 e. The predicted molar refractivity (Wildman–Crippen MR) is 39.3 cm³/mol. The van der Waals surface area contributed by atoms with Crippen LogP contribution in [0, 0.1) is 17.3 Å². The Bertz CT molecular complexity index is 412. The van der Waals surface area contributed by atoms with Crippen molar-refractivity contribution in [2.24, 2.45) is 0 Å². The van der Waals surface area contributed by atoms with Crippen molar-refractivity contribution in [1.29, 1.82) is 5.26 Å². The van der Waals surface area contributed by atoms with Crippen molar-refractivity contribution in [3.63, 3.8) is 0 Å². The third-order valence-corrected chi connectivity index (χ3v) is 1.50. The molecular formula is C8H3F3N2O. The summed E-state index contributed by atoms with van der Waals surface area (Å²) in [5.74, 6) is -1.49. The number of carbonyl (C=O) groups excluding carboxylic acids is 1. The molecule has 14 heavy (non-hydrogen) atoms. The first-order valence-electron chi connectivity index (χ1n) is 3.44. The normalized spacial score (nSPS) is 9.93. The molecule has 1 aromatic rings. The lowest BCUT2D eigenvalue weighted by atomic mass is 10.1. The van der Waals surface area contributed by atoms with Gasteiger partial charge in [0.05, 0.1) is 5.56 Å². The van der Waals surface area contributed by atoms with Gasteiger partial charge in [0.25, 0.3) is 6.43 Å². The molecule has 0 N–H and O–H groups in total. The number of nitriles is 1. The van der Waals surface area contributed by atoms with E-state index in [1.165, 1.54) is 6.07 Å². The predicted octanol–water partition coefficient (Wildman–Crippen LogP) is 1.84. The largest absolute Gasteiger partial charge is 0.298 e. The molecule has 0 saturated heterocycles. The van der Waals surface area contributed by atoms with E-state index in [0.29, 0.717) is 0 Å². The summed E-state index contributed by atoms with van der Waals surface area (Å²) in [6, 6.07) is 2.27. The van der Waals surface area contributed by atoms with Crippen LogP contribution in [0.25, 0.3) is 0 Å². The van der Waals surface area contributed by atoms with Crippen LogP contribution in [0.15, 0.2) is 6.07 Å². The fourth-order valence-electron chi connectivity index (χ4n) is 0.913. The van der Waals surface area contributed by atoms with Crippen LogP contribution in [0.4, 0.5) is 13.2 Å². The van der Waals surface area contributed by atoms with E-state index in [1.54, 1.807) is 0 Å². The summed E-state index contributed by atoms with van der Waals surface area (Å²) in [5, 5.41) is 8.33. The van der Waals surface area contributed by atoms with Crippen molar-refractivity contribution in [1.82, 2.24) is 4.98 Å². The molecule has 0 unspecified atom stereocenters. The first kappa shape index (κ1) is 10.2. The number of nitrogens with zero attached hydrogens (tertiary/aromatic N) is 2. The molecule has 0 aliphatic heterocycles. The van der Waals surface area contributed by atoms with Crippen LogP contribution in [0.5, 0.6) is 0 Å². The van der Waals surface area contributed by atoms with E-state index in [4.69, 9.17) is 5.26 Å². The minimum absolute atomic E-state index is 0.0626. The maximum Gasteiger partial charge on any atom is 0.268 e. The molecule has 0 radical (unpaired) electrons. The summed E-state index contributed by atoms with van der Waals surface area (Å²) in [6.45, 7) is 0. The van der Waals surface area contributed by atoms with Crippen molar-refractivity contribution in [3.05, 3.63) is 28.8 Å². The number of aromatic nitrogens is 1. The van der Waals surface area contributed by atoms with Crippen molar-refractivity contribution in [2.45, 2.75) is 6.43 Å². The number of hydrogen-bond donors (Lipinski definition) is 0. The number of rotatable bonds is 2. The maximum atomic E-state index is 12.8. The van der Waals surface area contributed by atoms with Gasteiger partial charge >= 0.3 is 0 Å². The van der Waals surface area contributed by atoms with Gasteiger partial charge < -0.3 is 0 Å². The molecule has 0 bridgehead atoms. The van der Waals surface area contributed by atoms with Crippen LogP contribution in [0.2, 0.25) is 0 Å². The maximum absolute atomic E-state index is 12.8. The number of pyridine rings is 1. The van der Waals surface area contributed by atoms with Crippen LogP contribution < -0.4 is 0 Å². The van der Waals surface area contributed by atoms with Gasteiger partial charge in [0.15, 0.2) is 6.29 Å². The van der Waals surface area contributed by atoms with E-state index in [1.807, 2.05) is 0 Å². The highest BCUT2D eigenvalue weighted by molar-refractivity contribution is 5.77. The Morgan fingerprint density at radius 2 is 2.21 bits per heavy atom. The Morgan fingerprint density at radius 3 is 2.64 bits per heavy atom. The van der Waals surface area contributed by atoms with Crippen molar-refractivity contribution >= 4 is 6.29 Å². The Balaban J connectivity index is 3.44. The molecule has 0 amide bonds. The third-order valence-electron chi connectivity index (χ3n) is 1.50. The highest BCUT2D eigenvalue weighted by Crippen LogP contribution is 2.24. The van der Waals surface area contributed by atoms with E-state index in [9.17, 15) is 18.0 Å². The average molecular weight is 200 g/mol. The highest BCUT2D eigenvalue weighted by Gasteiger charge is 2.20. The Morgan fingerprint density at radius 1 is 1.57 bits per heavy atom. The molecular weight excluding hydrogens is 197 g/mol. The second kappa shape index (κ2) is 3.87. The fraction of sp³-hybridized carbons (Fsp3) is 0.125. The molecule has 0 aliphatic rings. The molecule has 1 aromatic heterocycles. The van der Waals surface area contributed by atoms with Crippen LogP contribution in [0.3, 0.4) is 0 Å². The highest BCUT2D eigenvalue weighted by atomic mass is 19.3. The summed E-state index contributed by atoms with van der Waals surface area (Å²) >= 11 is 0. The first-order chi connectivity index (χ1) is 6.60.